The molecule has 0 bridgehead atoms. The van der Waals surface area contributed by atoms with Crippen LogP contribution in [-0.2, 0) is 6.54 Å². The van der Waals surface area contributed by atoms with Crippen LogP contribution in [0.4, 0.5) is 0 Å². The molecule has 28 heavy (non-hydrogen) atoms. The number of benzene rings is 1. The van der Waals surface area contributed by atoms with Gasteiger partial charge in [0.05, 0.1) is 31.0 Å². The molecule has 0 saturated heterocycles. The predicted octanol–water partition coefficient (Wildman–Crippen LogP) is 1.89. The maximum atomic E-state index is 12.2. The van der Waals surface area contributed by atoms with E-state index in [4.69, 9.17) is 4.74 Å². The molecule has 1 aliphatic heterocycles. The molecule has 0 fully saturated rings. The summed E-state index contributed by atoms with van der Waals surface area (Å²) in [6, 6.07) is 7.09. The van der Waals surface area contributed by atoms with Crippen LogP contribution in [0.5, 0.6) is 5.75 Å². The van der Waals surface area contributed by atoms with Crippen molar-refractivity contribution in [3.8, 4) is 5.75 Å². The fraction of sp³-hybridized carbons (Fsp3) is 0.300. The van der Waals surface area contributed by atoms with Gasteiger partial charge < -0.3 is 15.0 Å². The molecule has 0 aliphatic carbocycles. The molecule has 4 rings (SSSR count). The van der Waals surface area contributed by atoms with Crippen molar-refractivity contribution in [2.24, 2.45) is 0 Å². The quantitative estimate of drug-likeness (QED) is 0.721. The van der Waals surface area contributed by atoms with E-state index in [1.807, 2.05) is 17.8 Å². The Morgan fingerprint density at radius 2 is 2.21 bits per heavy atom. The average Bonchev–Trinajstić information content (AvgIpc) is 3.15. The van der Waals surface area contributed by atoms with E-state index >= 15 is 0 Å². The molecule has 1 amide bonds. The van der Waals surface area contributed by atoms with Gasteiger partial charge in [0.1, 0.15) is 11.4 Å². The maximum Gasteiger partial charge on any atom is 0.253 e. The molecule has 0 saturated carbocycles. The molecule has 3 aromatic rings. The number of aryl methyl sites for hydroxylation is 2. The largest absolute Gasteiger partial charge is 0.493 e. The number of nitrogens with zero attached hydrogens (tertiary/aromatic N) is 3. The Labute approximate surface area is 161 Å². The van der Waals surface area contributed by atoms with Crippen LogP contribution in [0, 0.1) is 13.8 Å². The van der Waals surface area contributed by atoms with Crippen LogP contribution in [0.3, 0.4) is 0 Å². The summed E-state index contributed by atoms with van der Waals surface area (Å²) in [5, 5.41) is 11.2. The first-order valence-corrected chi connectivity index (χ1v) is 9.13. The molecule has 1 aliphatic rings. The predicted molar refractivity (Wildman–Crippen MR) is 102 cm³/mol. The van der Waals surface area contributed by atoms with E-state index in [0.29, 0.717) is 17.9 Å². The van der Waals surface area contributed by atoms with E-state index < -0.39 is 0 Å². The van der Waals surface area contributed by atoms with Crippen molar-refractivity contribution in [2.75, 3.05) is 6.61 Å². The van der Waals surface area contributed by atoms with Crippen LogP contribution in [0.2, 0.25) is 0 Å². The second-order valence-corrected chi connectivity index (χ2v) is 6.97. The van der Waals surface area contributed by atoms with Crippen LogP contribution in [0.15, 0.2) is 41.5 Å². The highest BCUT2D eigenvalue weighted by molar-refractivity contribution is 5.93. The number of pyridine rings is 1. The fourth-order valence-electron chi connectivity index (χ4n) is 3.51. The van der Waals surface area contributed by atoms with Gasteiger partial charge >= 0.3 is 0 Å². The van der Waals surface area contributed by atoms with Crippen LogP contribution in [0.1, 0.15) is 45.2 Å². The molecule has 2 aromatic heterocycles. The van der Waals surface area contributed by atoms with Gasteiger partial charge in [-0.3, -0.25) is 9.59 Å². The first kappa shape index (κ1) is 18.0. The third-order valence-electron chi connectivity index (χ3n) is 4.80. The van der Waals surface area contributed by atoms with Gasteiger partial charge in [-0.15, -0.1) is 5.10 Å². The van der Waals surface area contributed by atoms with Crippen LogP contribution >= 0.6 is 0 Å². The number of rotatable bonds is 4. The number of aromatic nitrogens is 4. The Morgan fingerprint density at radius 3 is 3.00 bits per heavy atom. The van der Waals surface area contributed by atoms with E-state index in [-0.39, 0.29) is 24.1 Å². The number of ether oxygens (including phenoxy) is 1. The minimum Gasteiger partial charge on any atom is -0.493 e. The average molecular weight is 379 g/mol. The monoisotopic (exact) mass is 379 g/mol. The van der Waals surface area contributed by atoms with E-state index in [1.165, 1.54) is 23.9 Å². The van der Waals surface area contributed by atoms with E-state index in [2.05, 4.69) is 39.7 Å². The van der Waals surface area contributed by atoms with Gasteiger partial charge in [0, 0.05) is 24.2 Å². The van der Waals surface area contributed by atoms with Crippen molar-refractivity contribution < 1.29 is 9.53 Å². The van der Waals surface area contributed by atoms with Gasteiger partial charge in [-0.05, 0) is 25.5 Å². The molecule has 2 N–H and O–H groups in total. The Morgan fingerprint density at radius 1 is 1.36 bits per heavy atom. The van der Waals surface area contributed by atoms with Crippen molar-refractivity contribution in [3.05, 3.63) is 75.0 Å². The van der Waals surface area contributed by atoms with E-state index in [1.54, 1.807) is 0 Å². The van der Waals surface area contributed by atoms with Gasteiger partial charge in [0.25, 0.3) is 5.91 Å². The lowest BCUT2D eigenvalue weighted by Crippen LogP contribution is -2.24. The molecule has 144 valence electrons. The number of carbonyl (C=O) groups is 1. The van der Waals surface area contributed by atoms with Crippen LogP contribution in [-0.4, -0.2) is 32.5 Å². The van der Waals surface area contributed by atoms with Crippen molar-refractivity contribution >= 4 is 5.91 Å². The van der Waals surface area contributed by atoms with Gasteiger partial charge in [0.15, 0.2) is 0 Å². The third-order valence-corrected chi connectivity index (χ3v) is 4.80. The number of amides is 1. The Bertz CT molecular complexity index is 1070. The number of carbonyl (C=O) groups excluding carboxylic acids is 1. The highest BCUT2D eigenvalue weighted by Gasteiger charge is 2.25. The second-order valence-electron chi connectivity index (χ2n) is 6.97. The van der Waals surface area contributed by atoms with Gasteiger partial charge in [-0.25, -0.2) is 4.68 Å². The second kappa shape index (κ2) is 7.30. The number of hydrogen-bond acceptors (Lipinski definition) is 5. The smallest absolute Gasteiger partial charge is 0.253 e. The van der Waals surface area contributed by atoms with Crippen molar-refractivity contribution in [1.29, 1.82) is 0 Å². The first-order valence-electron chi connectivity index (χ1n) is 9.13. The number of nitrogens with one attached hydrogen (secondary N) is 2. The number of H-pyrrole nitrogens is 1. The SMILES string of the molecule is Cc1cc(C)c2c(c1)[C@@H](n1cc(CNC(=O)c3ccc(=O)[nH]c3)nn1)CCO2. The summed E-state index contributed by atoms with van der Waals surface area (Å²) in [5.41, 5.74) is 4.21. The molecule has 0 unspecified atom stereocenters. The lowest BCUT2D eigenvalue weighted by molar-refractivity contribution is 0.0950. The zero-order chi connectivity index (χ0) is 19.7. The molecule has 1 atom stereocenters. The molecule has 8 heteroatoms. The molecule has 3 heterocycles. The summed E-state index contributed by atoms with van der Waals surface area (Å²) in [6.07, 6.45) is 4.05. The zero-order valence-corrected chi connectivity index (χ0v) is 15.7. The molecule has 0 radical (unpaired) electrons. The van der Waals surface area contributed by atoms with Gasteiger partial charge in [0.2, 0.25) is 5.56 Å². The summed E-state index contributed by atoms with van der Waals surface area (Å²) in [5.74, 6) is 0.638. The zero-order valence-electron chi connectivity index (χ0n) is 15.7. The molecule has 1 aromatic carbocycles. The Balaban J connectivity index is 1.49. The van der Waals surface area contributed by atoms with Gasteiger partial charge in [-0.1, -0.05) is 22.9 Å². The summed E-state index contributed by atoms with van der Waals surface area (Å²) >= 11 is 0. The molecular formula is C20H21N5O3. The van der Waals surface area contributed by atoms with Crippen molar-refractivity contribution in [3.63, 3.8) is 0 Å². The lowest BCUT2D eigenvalue weighted by atomic mass is 9.96. The first-order chi connectivity index (χ1) is 13.5. The summed E-state index contributed by atoms with van der Waals surface area (Å²) in [6.45, 7) is 4.99. The Kier molecular flexibility index (Phi) is 4.68. The fourth-order valence-corrected chi connectivity index (χ4v) is 3.51. The minimum absolute atomic E-state index is 0.0542. The highest BCUT2D eigenvalue weighted by atomic mass is 16.5. The maximum absolute atomic E-state index is 12.2. The summed E-state index contributed by atoms with van der Waals surface area (Å²) < 4.78 is 7.70. The molecular weight excluding hydrogens is 358 g/mol. The van der Waals surface area contributed by atoms with Crippen LogP contribution < -0.4 is 15.6 Å². The van der Waals surface area contributed by atoms with Crippen LogP contribution in [0.25, 0.3) is 0 Å². The van der Waals surface area contributed by atoms with Crippen molar-refractivity contribution in [2.45, 2.75) is 32.9 Å². The standard InChI is InChI=1S/C20H21N5O3/c1-12-7-13(2)19-16(8-12)17(5-6-28-19)25-11-15(23-24-25)10-22-20(27)14-3-4-18(26)21-9-14/h3-4,7-9,11,17H,5-6,10H2,1-2H3,(H,21,26)(H,22,27)/t17-/m0/s1. The number of fused-ring (bicyclic) bond motifs is 1. The summed E-state index contributed by atoms with van der Waals surface area (Å²) in [7, 11) is 0. The van der Waals surface area contributed by atoms with E-state index in [9.17, 15) is 9.59 Å². The van der Waals surface area contributed by atoms with Gasteiger partial charge in [-0.2, -0.15) is 0 Å². The number of aromatic amines is 1. The molecule has 0 spiro atoms. The third kappa shape index (κ3) is 3.53. The minimum atomic E-state index is -0.284. The normalized spacial score (nSPS) is 15.6. The molecule has 8 nitrogen and oxygen atoms in total. The van der Waals surface area contributed by atoms with Crippen molar-refractivity contribution in [1.82, 2.24) is 25.3 Å². The van der Waals surface area contributed by atoms with E-state index in [0.717, 1.165) is 23.3 Å². The summed E-state index contributed by atoms with van der Waals surface area (Å²) in [4.78, 5) is 25.7. The lowest BCUT2D eigenvalue weighted by Gasteiger charge is -2.27. The number of hydrogen-bond donors (Lipinski definition) is 2. The Hall–Kier alpha value is -3.42. The topological polar surface area (TPSA) is 102 Å². The highest BCUT2D eigenvalue weighted by Crippen LogP contribution is 2.37.